The smallest absolute Gasteiger partial charge is 0.393 e. The summed E-state index contributed by atoms with van der Waals surface area (Å²) in [5.41, 5.74) is 1.44. The van der Waals surface area contributed by atoms with E-state index in [4.69, 9.17) is 4.74 Å². The normalized spacial score (nSPS) is 15.1. The van der Waals surface area contributed by atoms with Gasteiger partial charge in [0.15, 0.2) is 9.84 Å². The van der Waals surface area contributed by atoms with Crippen LogP contribution >= 0.6 is 11.3 Å². The molecule has 0 radical (unpaired) electrons. The molecule has 0 unspecified atom stereocenters. The second kappa shape index (κ2) is 12.7. The molecule has 40 heavy (non-hydrogen) atoms. The predicted molar refractivity (Wildman–Crippen MR) is 152 cm³/mol. The lowest BCUT2D eigenvalue weighted by atomic mass is 10.0. The molecule has 0 bridgehead atoms. The number of sulfone groups is 1. The molecule has 1 aromatic heterocycles. The Morgan fingerprint density at radius 3 is 2.55 bits per heavy atom. The molecular weight excluding hydrogens is 566 g/mol. The Kier molecular flexibility index (Phi) is 9.48. The number of hydrogen-bond acceptors (Lipinski definition) is 7. The molecule has 216 valence electrons. The number of methoxy groups -OCH3 is 1. The molecule has 1 saturated heterocycles. The molecule has 1 fully saturated rings. The Morgan fingerprint density at radius 1 is 1.15 bits per heavy atom. The summed E-state index contributed by atoms with van der Waals surface area (Å²) in [4.78, 5) is 2.53. The number of fused-ring (bicyclic) bond motifs is 1. The fourth-order valence-corrected chi connectivity index (χ4v) is 6.52. The molecule has 3 aromatic rings. The van der Waals surface area contributed by atoms with E-state index in [9.17, 15) is 26.0 Å². The van der Waals surface area contributed by atoms with Gasteiger partial charge in [-0.05, 0) is 42.0 Å². The van der Waals surface area contributed by atoms with Gasteiger partial charge in [-0.25, -0.2) is 12.8 Å². The molecule has 0 spiro atoms. The molecule has 1 aliphatic heterocycles. The Bertz CT molecular complexity index is 1500. The molecule has 4 rings (SSSR count). The molecule has 6 nitrogen and oxygen atoms in total. The van der Waals surface area contributed by atoms with Crippen molar-refractivity contribution in [2.45, 2.75) is 36.4 Å². The fourth-order valence-electron chi connectivity index (χ4n) is 4.71. The molecule has 0 atom stereocenters. The van der Waals surface area contributed by atoms with Crippen molar-refractivity contribution in [3.8, 4) is 17.6 Å². The molecule has 2 aromatic carbocycles. The molecule has 2 heterocycles. The zero-order valence-electron chi connectivity index (χ0n) is 22.2. The van der Waals surface area contributed by atoms with Crippen LogP contribution in [0.25, 0.3) is 10.1 Å². The largest absolute Gasteiger partial charge is 0.495 e. The second-order valence-electron chi connectivity index (χ2n) is 9.62. The number of anilines is 2. The highest BCUT2D eigenvalue weighted by molar-refractivity contribution is 7.90. The van der Waals surface area contributed by atoms with E-state index in [-0.39, 0.29) is 29.7 Å². The maximum atomic E-state index is 13.5. The summed E-state index contributed by atoms with van der Waals surface area (Å²) in [6.45, 7) is 1.69. The zero-order chi connectivity index (χ0) is 28.9. The van der Waals surface area contributed by atoms with E-state index in [2.05, 4.69) is 27.4 Å². The van der Waals surface area contributed by atoms with Gasteiger partial charge in [-0.3, -0.25) is 0 Å². The average Bonchev–Trinajstić information content (AvgIpc) is 3.24. The molecule has 2 N–H and O–H groups in total. The standard InChI is InChI=1S/C28H31F4N3O3S2/c1-38-25-17-20(40(2,36)37)8-9-23(25)33-13-4-7-26-22(18-28(30,31)32)21-5-3-6-24(27(21)39-26)34-19-10-14-35(15-11-19)16-12-29/h3,5-6,8-9,17,19,33-34H,10-16,18H2,1-2H3. The highest BCUT2D eigenvalue weighted by atomic mass is 32.2. The van der Waals surface area contributed by atoms with Crippen molar-refractivity contribution < 1.29 is 30.7 Å². The average molecular weight is 598 g/mol. The van der Waals surface area contributed by atoms with Crippen LogP contribution in [0.1, 0.15) is 23.3 Å². The molecule has 0 aliphatic carbocycles. The van der Waals surface area contributed by atoms with Crippen LogP contribution in [-0.4, -0.2) is 71.8 Å². The van der Waals surface area contributed by atoms with E-state index in [0.717, 1.165) is 42.6 Å². The van der Waals surface area contributed by atoms with Crippen molar-refractivity contribution in [1.82, 2.24) is 4.90 Å². The zero-order valence-corrected chi connectivity index (χ0v) is 23.8. The van der Waals surface area contributed by atoms with Gasteiger partial charge < -0.3 is 20.3 Å². The highest BCUT2D eigenvalue weighted by Crippen LogP contribution is 2.39. The summed E-state index contributed by atoms with van der Waals surface area (Å²) in [7, 11) is -2.00. The van der Waals surface area contributed by atoms with Gasteiger partial charge in [0.1, 0.15) is 12.4 Å². The van der Waals surface area contributed by atoms with Crippen LogP contribution in [0.15, 0.2) is 41.3 Å². The summed E-state index contributed by atoms with van der Waals surface area (Å²) in [6.07, 6.45) is -2.74. The van der Waals surface area contributed by atoms with Crippen LogP contribution in [0.5, 0.6) is 5.75 Å². The minimum atomic E-state index is -4.40. The Balaban J connectivity index is 1.56. The van der Waals surface area contributed by atoms with Crippen LogP contribution in [0.3, 0.4) is 0 Å². The molecule has 0 saturated carbocycles. The summed E-state index contributed by atoms with van der Waals surface area (Å²) in [6, 6.07) is 9.87. The Labute approximate surface area is 235 Å². The molecular formula is C28H31F4N3O3S2. The first-order chi connectivity index (χ1) is 19.0. The molecule has 1 aliphatic rings. The van der Waals surface area contributed by atoms with Gasteiger partial charge in [0.2, 0.25) is 0 Å². The lowest BCUT2D eigenvalue weighted by molar-refractivity contribution is -0.126. The number of halogens is 4. The molecule has 0 amide bonds. The van der Waals surface area contributed by atoms with Gasteiger partial charge in [-0.1, -0.05) is 24.0 Å². The predicted octanol–water partition coefficient (Wildman–Crippen LogP) is 5.73. The van der Waals surface area contributed by atoms with Crippen LogP contribution in [0.4, 0.5) is 28.9 Å². The van der Waals surface area contributed by atoms with Crippen molar-refractivity contribution in [2.75, 3.05) is 56.9 Å². The Morgan fingerprint density at radius 2 is 1.90 bits per heavy atom. The number of nitrogens with one attached hydrogen (secondary N) is 2. The third-order valence-corrected chi connectivity index (χ3v) is 9.02. The lowest BCUT2D eigenvalue weighted by Gasteiger charge is -2.32. The van der Waals surface area contributed by atoms with Crippen LogP contribution in [-0.2, 0) is 16.3 Å². The quantitative estimate of drug-likeness (QED) is 0.243. The number of piperidine rings is 1. The number of rotatable bonds is 9. The number of hydrogen-bond donors (Lipinski definition) is 2. The third-order valence-electron chi connectivity index (χ3n) is 6.71. The SMILES string of the molecule is COc1cc(S(C)(=O)=O)ccc1NCC#Cc1sc2c(NC3CCN(CCF)CC3)cccc2c1CC(F)(F)F. The van der Waals surface area contributed by atoms with Gasteiger partial charge in [0, 0.05) is 38.0 Å². The number of likely N-dealkylation sites (tertiary alicyclic amines) is 1. The first-order valence-corrected chi connectivity index (χ1v) is 15.5. The first kappa shape index (κ1) is 30.0. The third kappa shape index (κ3) is 7.59. The van der Waals surface area contributed by atoms with Gasteiger partial charge in [0.05, 0.1) is 45.9 Å². The molecule has 12 heteroatoms. The highest BCUT2D eigenvalue weighted by Gasteiger charge is 2.31. The van der Waals surface area contributed by atoms with E-state index in [1.807, 2.05) is 6.07 Å². The van der Waals surface area contributed by atoms with Crippen LogP contribution < -0.4 is 15.4 Å². The van der Waals surface area contributed by atoms with E-state index in [0.29, 0.717) is 28.2 Å². The summed E-state index contributed by atoms with van der Waals surface area (Å²) in [5, 5.41) is 7.07. The van der Waals surface area contributed by atoms with E-state index in [1.54, 1.807) is 18.2 Å². The van der Waals surface area contributed by atoms with Gasteiger partial charge in [-0.2, -0.15) is 13.2 Å². The minimum absolute atomic E-state index is 0.108. The lowest BCUT2D eigenvalue weighted by Crippen LogP contribution is -2.40. The number of alkyl halides is 4. The van der Waals surface area contributed by atoms with Crippen molar-refractivity contribution in [2.24, 2.45) is 0 Å². The van der Waals surface area contributed by atoms with E-state index < -0.39 is 22.4 Å². The van der Waals surface area contributed by atoms with Crippen molar-refractivity contribution in [3.05, 3.63) is 46.8 Å². The maximum Gasteiger partial charge on any atom is 0.393 e. The topological polar surface area (TPSA) is 70.7 Å². The van der Waals surface area contributed by atoms with Gasteiger partial charge >= 0.3 is 6.18 Å². The number of benzene rings is 2. The van der Waals surface area contributed by atoms with Gasteiger partial charge in [-0.15, -0.1) is 11.3 Å². The van der Waals surface area contributed by atoms with E-state index >= 15 is 0 Å². The second-order valence-corrected chi connectivity index (χ2v) is 12.7. The monoisotopic (exact) mass is 597 g/mol. The van der Waals surface area contributed by atoms with Crippen LogP contribution in [0, 0.1) is 11.8 Å². The number of nitrogens with zero attached hydrogens (tertiary/aromatic N) is 1. The summed E-state index contributed by atoms with van der Waals surface area (Å²) < 4.78 is 82.9. The maximum absolute atomic E-state index is 13.5. The Hall–Kier alpha value is -3.01. The van der Waals surface area contributed by atoms with Gasteiger partial charge in [0.25, 0.3) is 0 Å². The number of ether oxygens (including phenoxy) is 1. The van der Waals surface area contributed by atoms with Crippen LogP contribution in [0.2, 0.25) is 0 Å². The summed E-state index contributed by atoms with van der Waals surface area (Å²) >= 11 is 1.23. The van der Waals surface area contributed by atoms with Crippen molar-refractivity contribution in [3.63, 3.8) is 0 Å². The van der Waals surface area contributed by atoms with E-state index in [1.165, 1.54) is 30.6 Å². The fraction of sp³-hybridized carbons (Fsp3) is 0.429. The number of thiophene rings is 1. The summed E-state index contributed by atoms with van der Waals surface area (Å²) in [5.74, 6) is 6.14. The van der Waals surface area contributed by atoms with Crippen molar-refractivity contribution >= 4 is 42.6 Å². The van der Waals surface area contributed by atoms with Crippen molar-refractivity contribution in [1.29, 1.82) is 0 Å². The first-order valence-electron chi connectivity index (χ1n) is 12.8. The minimum Gasteiger partial charge on any atom is -0.495 e.